The molecule has 0 spiro atoms. The Hall–Kier alpha value is -3.22. The molecule has 0 bridgehead atoms. The lowest BCUT2D eigenvalue weighted by atomic mass is 10.2. The molecule has 2 rings (SSSR count). The highest BCUT2D eigenvalue weighted by molar-refractivity contribution is 6.02. The normalized spacial score (nSPS) is 10.0. The van der Waals surface area contributed by atoms with Gasteiger partial charge < -0.3 is 24.4 Å². The van der Waals surface area contributed by atoms with E-state index in [2.05, 4.69) is 5.32 Å². The Morgan fingerprint density at radius 3 is 2.00 bits per heavy atom. The van der Waals surface area contributed by atoms with Gasteiger partial charge in [0.15, 0.2) is 11.5 Å². The van der Waals surface area contributed by atoms with E-state index in [9.17, 15) is 9.59 Å². The summed E-state index contributed by atoms with van der Waals surface area (Å²) in [7, 11) is 4.49. The molecule has 0 atom stereocenters. The van der Waals surface area contributed by atoms with Crippen LogP contribution in [0, 0.1) is 0 Å². The lowest BCUT2D eigenvalue weighted by Crippen LogP contribution is -2.36. The maximum absolute atomic E-state index is 12.4. The zero-order chi connectivity index (χ0) is 19.1. The van der Waals surface area contributed by atoms with Gasteiger partial charge in [-0.05, 0) is 12.1 Å². The van der Waals surface area contributed by atoms with Crippen molar-refractivity contribution in [3.63, 3.8) is 0 Å². The second kappa shape index (κ2) is 8.75. The van der Waals surface area contributed by atoms with Crippen molar-refractivity contribution in [2.24, 2.45) is 0 Å². The van der Waals surface area contributed by atoms with Crippen LogP contribution in [-0.2, 0) is 9.59 Å². The molecular weight excluding hydrogens is 336 g/mol. The molecule has 0 aliphatic carbocycles. The van der Waals surface area contributed by atoms with Crippen LogP contribution in [0.15, 0.2) is 42.5 Å². The van der Waals surface area contributed by atoms with Crippen molar-refractivity contribution in [3.05, 3.63) is 42.5 Å². The minimum Gasteiger partial charge on any atom is -0.493 e. The van der Waals surface area contributed by atoms with Crippen molar-refractivity contribution in [3.8, 4) is 17.2 Å². The molecule has 0 saturated carbocycles. The van der Waals surface area contributed by atoms with E-state index in [1.54, 1.807) is 24.3 Å². The van der Waals surface area contributed by atoms with Crippen LogP contribution < -0.4 is 24.4 Å². The highest BCUT2D eigenvalue weighted by Crippen LogP contribution is 2.39. The second-order valence-corrected chi connectivity index (χ2v) is 5.40. The zero-order valence-corrected chi connectivity index (χ0v) is 15.2. The quantitative estimate of drug-likeness (QED) is 0.823. The van der Waals surface area contributed by atoms with Gasteiger partial charge in [0.1, 0.15) is 6.54 Å². The maximum atomic E-state index is 12.4. The van der Waals surface area contributed by atoms with Crippen molar-refractivity contribution < 1.29 is 23.8 Å². The summed E-state index contributed by atoms with van der Waals surface area (Å²) in [6.45, 7) is 1.30. The van der Waals surface area contributed by atoms with Gasteiger partial charge in [0, 0.05) is 30.4 Å². The highest BCUT2D eigenvalue weighted by Gasteiger charge is 2.18. The number of hydrogen-bond acceptors (Lipinski definition) is 5. The number of carbonyl (C=O) groups is 2. The van der Waals surface area contributed by atoms with Crippen LogP contribution in [0.25, 0.3) is 0 Å². The summed E-state index contributed by atoms with van der Waals surface area (Å²) in [5.41, 5.74) is 1.13. The molecular formula is C19H22N2O5. The Kier molecular flexibility index (Phi) is 6.43. The summed E-state index contributed by atoms with van der Waals surface area (Å²) in [5, 5.41) is 2.75. The molecule has 2 amide bonds. The monoisotopic (exact) mass is 358 g/mol. The third-order valence-electron chi connectivity index (χ3n) is 3.70. The maximum Gasteiger partial charge on any atom is 0.244 e. The van der Waals surface area contributed by atoms with Gasteiger partial charge in [-0.1, -0.05) is 18.2 Å². The number of carbonyl (C=O) groups excluding carboxylic acids is 2. The van der Waals surface area contributed by atoms with Gasteiger partial charge >= 0.3 is 0 Å². The average molecular weight is 358 g/mol. The predicted octanol–water partition coefficient (Wildman–Crippen LogP) is 2.70. The summed E-state index contributed by atoms with van der Waals surface area (Å²) >= 11 is 0. The van der Waals surface area contributed by atoms with Crippen LogP contribution in [0.3, 0.4) is 0 Å². The first kappa shape index (κ1) is 19.1. The Morgan fingerprint density at radius 1 is 0.962 bits per heavy atom. The third-order valence-corrected chi connectivity index (χ3v) is 3.70. The number of nitrogens with one attached hydrogen (secondary N) is 1. The lowest BCUT2D eigenvalue weighted by molar-refractivity contribution is -0.120. The summed E-state index contributed by atoms with van der Waals surface area (Å²) in [6.07, 6.45) is 0. The summed E-state index contributed by atoms with van der Waals surface area (Å²) < 4.78 is 15.8. The number of nitrogens with zero attached hydrogens (tertiary/aromatic N) is 1. The number of rotatable bonds is 7. The van der Waals surface area contributed by atoms with Crippen molar-refractivity contribution >= 4 is 23.2 Å². The lowest BCUT2D eigenvalue weighted by Gasteiger charge is -2.21. The van der Waals surface area contributed by atoms with E-state index in [0.29, 0.717) is 28.6 Å². The van der Waals surface area contributed by atoms with Gasteiger partial charge in [-0.25, -0.2) is 0 Å². The van der Waals surface area contributed by atoms with E-state index in [4.69, 9.17) is 14.2 Å². The first-order valence-electron chi connectivity index (χ1n) is 7.93. The molecule has 138 valence electrons. The Balaban J connectivity index is 2.20. The van der Waals surface area contributed by atoms with E-state index in [1.807, 2.05) is 18.2 Å². The van der Waals surface area contributed by atoms with Gasteiger partial charge in [0.25, 0.3) is 0 Å². The standard InChI is InChI=1S/C19H22N2O5/c1-13(22)21(15-8-6-5-7-9-15)12-18(23)20-14-10-16(24-2)19(26-4)17(11-14)25-3/h5-11H,12H2,1-4H3,(H,20,23). The van der Waals surface area contributed by atoms with E-state index < -0.39 is 0 Å². The summed E-state index contributed by atoms with van der Waals surface area (Å²) in [4.78, 5) is 25.7. The van der Waals surface area contributed by atoms with Gasteiger partial charge in [-0.2, -0.15) is 0 Å². The Bertz CT molecular complexity index is 752. The molecule has 1 N–H and O–H groups in total. The molecule has 0 radical (unpaired) electrons. The van der Waals surface area contributed by atoms with E-state index in [0.717, 1.165) is 0 Å². The van der Waals surface area contributed by atoms with E-state index in [1.165, 1.54) is 33.2 Å². The van der Waals surface area contributed by atoms with Crippen molar-refractivity contribution in [2.75, 3.05) is 38.1 Å². The van der Waals surface area contributed by atoms with Crippen molar-refractivity contribution in [2.45, 2.75) is 6.92 Å². The van der Waals surface area contributed by atoms with Crippen LogP contribution in [0.5, 0.6) is 17.2 Å². The average Bonchev–Trinajstić information content (AvgIpc) is 2.65. The number of methoxy groups -OCH3 is 3. The third kappa shape index (κ3) is 4.44. The van der Waals surface area contributed by atoms with E-state index in [-0.39, 0.29) is 18.4 Å². The number of amides is 2. The predicted molar refractivity (Wildman–Crippen MR) is 99.2 cm³/mol. The number of para-hydroxylation sites is 1. The second-order valence-electron chi connectivity index (χ2n) is 5.40. The van der Waals surface area contributed by atoms with Crippen LogP contribution in [0.4, 0.5) is 11.4 Å². The fourth-order valence-corrected chi connectivity index (χ4v) is 2.49. The number of hydrogen-bond donors (Lipinski definition) is 1. The van der Waals surface area contributed by atoms with Crippen molar-refractivity contribution in [1.82, 2.24) is 0 Å². The van der Waals surface area contributed by atoms with E-state index >= 15 is 0 Å². The number of benzene rings is 2. The Labute approximate surface area is 152 Å². The molecule has 0 aliphatic rings. The summed E-state index contributed by atoms with van der Waals surface area (Å²) in [6, 6.07) is 12.3. The Morgan fingerprint density at radius 2 is 1.54 bits per heavy atom. The van der Waals surface area contributed by atoms with Gasteiger partial charge in [-0.15, -0.1) is 0 Å². The topological polar surface area (TPSA) is 77.1 Å². The smallest absolute Gasteiger partial charge is 0.244 e. The van der Waals surface area contributed by atoms with Crippen LogP contribution in [-0.4, -0.2) is 39.7 Å². The van der Waals surface area contributed by atoms with Gasteiger partial charge in [0.05, 0.1) is 21.3 Å². The van der Waals surface area contributed by atoms with Gasteiger partial charge in [-0.3, -0.25) is 9.59 Å². The molecule has 0 saturated heterocycles. The largest absolute Gasteiger partial charge is 0.493 e. The fourth-order valence-electron chi connectivity index (χ4n) is 2.49. The van der Waals surface area contributed by atoms with Crippen LogP contribution >= 0.6 is 0 Å². The molecule has 0 aromatic heterocycles. The molecule has 7 nitrogen and oxygen atoms in total. The minimum absolute atomic E-state index is 0.115. The highest BCUT2D eigenvalue weighted by atomic mass is 16.5. The SMILES string of the molecule is COc1cc(NC(=O)CN(C(C)=O)c2ccccc2)cc(OC)c1OC. The fraction of sp³-hybridized carbons (Fsp3) is 0.263. The molecule has 0 unspecified atom stereocenters. The molecule has 0 aliphatic heterocycles. The summed E-state index contributed by atoms with van der Waals surface area (Å²) in [5.74, 6) is 0.708. The minimum atomic E-state index is -0.349. The molecule has 2 aromatic carbocycles. The first-order chi connectivity index (χ1) is 12.5. The van der Waals surface area contributed by atoms with Crippen LogP contribution in [0.1, 0.15) is 6.92 Å². The number of anilines is 2. The molecule has 7 heteroatoms. The van der Waals surface area contributed by atoms with Crippen molar-refractivity contribution in [1.29, 1.82) is 0 Å². The number of ether oxygens (including phenoxy) is 3. The zero-order valence-electron chi connectivity index (χ0n) is 15.2. The van der Waals surface area contributed by atoms with Gasteiger partial charge in [0.2, 0.25) is 17.6 Å². The molecule has 26 heavy (non-hydrogen) atoms. The molecule has 0 heterocycles. The first-order valence-corrected chi connectivity index (χ1v) is 7.93. The molecule has 0 fully saturated rings. The molecule has 2 aromatic rings. The van der Waals surface area contributed by atoms with Crippen LogP contribution in [0.2, 0.25) is 0 Å².